The highest BCUT2D eigenvalue weighted by molar-refractivity contribution is 6.06. The van der Waals surface area contributed by atoms with Crippen molar-refractivity contribution in [1.82, 2.24) is 19.8 Å². The molecule has 0 radical (unpaired) electrons. The van der Waals surface area contributed by atoms with Crippen molar-refractivity contribution in [3.63, 3.8) is 0 Å². The zero-order chi connectivity index (χ0) is 39.4. The number of hydrogen-bond donors (Lipinski definition) is 1. The molecule has 11 heteroatoms. The molecule has 57 heavy (non-hydrogen) atoms. The molecular formula is C46H49N5O6. The largest absolute Gasteiger partial charge is 0.488 e. The molecule has 1 N–H and O–H groups in total. The monoisotopic (exact) mass is 767 g/mol. The molecule has 4 aliphatic heterocycles. The van der Waals surface area contributed by atoms with E-state index in [1.54, 1.807) is 12.0 Å². The molecule has 0 unspecified atom stereocenters. The van der Waals surface area contributed by atoms with Crippen LogP contribution in [-0.4, -0.2) is 75.6 Å². The Morgan fingerprint density at radius 1 is 0.965 bits per heavy atom. The van der Waals surface area contributed by atoms with Crippen molar-refractivity contribution in [2.24, 2.45) is 10.9 Å². The number of aliphatic imine (C=N–C) groups is 1. The quantitative estimate of drug-likeness (QED) is 0.175. The molecular weight excluding hydrogens is 719 g/mol. The molecule has 9 rings (SSSR count). The van der Waals surface area contributed by atoms with Crippen molar-refractivity contribution in [1.29, 1.82) is 0 Å². The number of benzene rings is 4. The predicted molar refractivity (Wildman–Crippen MR) is 219 cm³/mol. The van der Waals surface area contributed by atoms with Crippen LogP contribution in [0.1, 0.15) is 75.5 Å². The van der Waals surface area contributed by atoms with Gasteiger partial charge in [0.2, 0.25) is 0 Å². The van der Waals surface area contributed by atoms with Gasteiger partial charge in [-0.25, -0.2) is 14.6 Å². The van der Waals surface area contributed by atoms with Gasteiger partial charge in [0.1, 0.15) is 30.4 Å². The predicted octanol–water partition coefficient (Wildman–Crippen LogP) is 9.55. The molecule has 2 saturated heterocycles. The maximum atomic E-state index is 13.4. The number of nitrogens with zero attached hydrogens (tertiary/aromatic N) is 4. The number of carbonyl (C=O) groups is 2. The Hall–Kier alpha value is -5.68. The van der Waals surface area contributed by atoms with E-state index in [1.165, 1.54) is 5.56 Å². The first-order valence-corrected chi connectivity index (χ1v) is 20.0. The number of carbonyl (C=O) groups excluding carboxylic acids is 2. The van der Waals surface area contributed by atoms with Crippen LogP contribution >= 0.6 is 0 Å². The summed E-state index contributed by atoms with van der Waals surface area (Å²) in [7, 11) is 1.69. The van der Waals surface area contributed by atoms with Gasteiger partial charge in [0, 0.05) is 43.3 Å². The number of H-pyrrole nitrogens is 1. The SMILES string of the molecule is COC[C@H]1C[C@@H](c2ncc(-c3ccc4c(c3)COc3cc5c6c(ccc5cc3-4)N=C([C@@H]3CC[C@H](C)N3C(=O)OCc3ccccc3)C6)[nH]2)N(C(=O)OC(C)(C)C)C1. The normalized spacial score (nSPS) is 21.2. The lowest BCUT2D eigenvalue weighted by molar-refractivity contribution is 0.0208. The van der Waals surface area contributed by atoms with Crippen molar-refractivity contribution >= 4 is 34.4 Å². The van der Waals surface area contributed by atoms with E-state index in [0.717, 1.165) is 86.5 Å². The smallest absolute Gasteiger partial charge is 0.410 e. The number of nitrogens with one attached hydrogen (secondary N) is 1. The average Bonchev–Trinajstić information content (AvgIpc) is 4.01. The molecule has 2 amide bonds. The zero-order valence-electron chi connectivity index (χ0n) is 33.2. The Kier molecular flexibility index (Phi) is 9.51. The van der Waals surface area contributed by atoms with Gasteiger partial charge >= 0.3 is 12.2 Å². The number of hydrogen-bond acceptors (Lipinski definition) is 8. The minimum Gasteiger partial charge on any atom is -0.488 e. The van der Waals surface area contributed by atoms with Crippen molar-refractivity contribution < 1.29 is 28.5 Å². The number of imidazole rings is 1. The maximum absolute atomic E-state index is 13.4. The third-order valence-electron chi connectivity index (χ3n) is 11.7. The highest BCUT2D eigenvalue weighted by Crippen LogP contribution is 2.45. The number of aromatic nitrogens is 2. The second-order valence-corrected chi connectivity index (χ2v) is 16.9. The Labute approximate surface area is 333 Å². The first-order valence-electron chi connectivity index (χ1n) is 20.0. The summed E-state index contributed by atoms with van der Waals surface area (Å²) in [5.74, 6) is 1.78. The van der Waals surface area contributed by atoms with Gasteiger partial charge in [-0.2, -0.15) is 0 Å². The Morgan fingerprint density at radius 2 is 1.81 bits per heavy atom. The summed E-state index contributed by atoms with van der Waals surface area (Å²) >= 11 is 0. The second-order valence-electron chi connectivity index (χ2n) is 16.9. The first-order chi connectivity index (χ1) is 27.5. The molecule has 4 atom stereocenters. The van der Waals surface area contributed by atoms with Crippen LogP contribution < -0.4 is 4.74 Å². The zero-order valence-corrected chi connectivity index (χ0v) is 33.2. The molecule has 5 aromatic rings. The number of methoxy groups -OCH3 is 1. The molecule has 2 fully saturated rings. The Morgan fingerprint density at radius 3 is 2.61 bits per heavy atom. The lowest BCUT2D eigenvalue weighted by Gasteiger charge is -2.28. The fraction of sp³-hybridized carbons (Fsp3) is 0.391. The molecule has 0 aliphatic carbocycles. The van der Waals surface area contributed by atoms with Crippen molar-refractivity contribution in [2.45, 2.75) is 90.3 Å². The number of amides is 2. The molecule has 5 heterocycles. The van der Waals surface area contributed by atoms with Crippen LogP contribution in [0, 0.1) is 5.92 Å². The van der Waals surface area contributed by atoms with Crippen molar-refractivity contribution in [3.05, 3.63) is 102 Å². The Bertz CT molecular complexity index is 2380. The van der Waals surface area contributed by atoms with Crippen LogP contribution in [0.4, 0.5) is 15.3 Å². The summed E-state index contributed by atoms with van der Waals surface area (Å²) in [6.07, 6.45) is 4.41. The molecule has 11 nitrogen and oxygen atoms in total. The van der Waals surface area contributed by atoms with Gasteiger partial charge in [0.05, 0.1) is 36.3 Å². The lowest BCUT2D eigenvalue weighted by Crippen LogP contribution is -2.44. The fourth-order valence-electron chi connectivity index (χ4n) is 9.02. The molecule has 0 spiro atoms. The van der Waals surface area contributed by atoms with Gasteiger partial charge in [0.25, 0.3) is 0 Å². The average molecular weight is 768 g/mol. The standard InChI is InChI=1S/C46H49N5O6/c1-27-11-16-40(51(27)45(53)56-25-28-9-7-6-8-10-28)38-20-35-34-21-42-36(19-30(34)13-15-37(35)48-38)33-14-12-31(18-32(33)26-55-42)39-22-47-43(49-39)41-17-29(24-54-5)23-50(41)44(52)57-46(2,3)4/h6-10,12-15,18-19,21-22,27,29,40-41H,11,16-17,20,23-26H2,1-5H3,(H,47,49)/t27-,29-,40-,41-/m0/s1. The molecule has 4 aromatic carbocycles. The van der Waals surface area contributed by atoms with E-state index in [-0.39, 0.29) is 42.8 Å². The van der Waals surface area contributed by atoms with E-state index in [1.807, 2.05) is 62.2 Å². The maximum Gasteiger partial charge on any atom is 0.410 e. The summed E-state index contributed by atoms with van der Waals surface area (Å²) < 4.78 is 23.5. The van der Waals surface area contributed by atoms with E-state index < -0.39 is 5.60 Å². The lowest BCUT2D eigenvalue weighted by atomic mass is 9.91. The summed E-state index contributed by atoms with van der Waals surface area (Å²) in [4.78, 5) is 43.7. The summed E-state index contributed by atoms with van der Waals surface area (Å²) in [5, 5.41) is 2.25. The van der Waals surface area contributed by atoms with Gasteiger partial charge in [0.15, 0.2) is 0 Å². The summed E-state index contributed by atoms with van der Waals surface area (Å²) in [5.41, 5.74) is 8.67. The van der Waals surface area contributed by atoms with Crippen molar-refractivity contribution in [2.75, 3.05) is 20.3 Å². The topological polar surface area (TPSA) is 119 Å². The van der Waals surface area contributed by atoms with Crippen LogP contribution in [-0.2, 0) is 33.8 Å². The van der Waals surface area contributed by atoms with Crippen LogP contribution in [0.15, 0.2) is 84.0 Å². The van der Waals surface area contributed by atoms with Crippen LogP contribution in [0.3, 0.4) is 0 Å². The third-order valence-corrected chi connectivity index (χ3v) is 11.7. The number of rotatable bonds is 7. The van der Waals surface area contributed by atoms with E-state index in [9.17, 15) is 9.59 Å². The van der Waals surface area contributed by atoms with Gasteiger partial charge in [-0.15, -0.1) is 0 Å². The fourth-order valence-corrected chi connectivity index (χ4v) is 9.02. The highest BCUT2D eigenvalue weighted by atomic mass is 16.6. The molecule has 0 saturated carbocycles. The van der Waals surface area contributed by atoms with Crippen LogP contribution in [0.5, 0.6) is 5.75 Å². The van der Waals surface area contributed by atoms with E-state index in [2.05, 4.69) is 54.4 Å². The minimum absolute atomic E-state index is 0.0772. The van der Waals surface area contributed by atoms with E-state index >= 15 is 0 Å². The first kappa shape index (κ1) is 36.9. The number of aromatic amines is 1. The second kappa shape index (κ2) is 14.7. The van der Waals surface area contributed by atoms with Gasteiger partial charge in [-0.3, -0.25) is 14.8 Å². The number of likely N-dealkylation sites (tertiary alicyclic amines) is 2. The van der Waals surface area contributed by atoms with Crippen LogP contribution in [0.25, 0.3) is 33.2 Å². The van der Waals surface area contributed by atoms with E-state index in [4.69, 9.17) is 28.9 Å². The Balaban J connectivity index is 0.930. The number of ether oxygens (including phenoxy) is 4. The summed E-state index contributed by atoms with van der Waals surface area (Å²) in [6, 6.07) is 24.6. The molecule has 4 aliphatic rings. The van der Waals surface area contributed by atoms with Crippen LogP contribution in [0.2, 0.25) is 0 Å². The third kappa shape index (κ3) is 7.14. The van der Waals surface area contributed by atoms with Gasteiger partial charge in [-0.05, 0) is 110 Å². The number of fused-ring (bicyclic) bond motifs is 6. The van der Waals surface area contributed by atoms with Gasteiger partial charge < -0.3 is 23.9 Å². The molecule has 0 bridgehead atoms. The van der Waals surface area contributed by atoms with Gasteiger partial charge in [-0.1, -0.05) is 48.5 Å². The highest BCUT2D eigenvalue weighted by Gasteiger charge is 2.41. The molecule has 1 aromatic heterocycles. The van der Waals surface area contributed by atoms with Crippen molar-refractivity contribution in [3.8, 4) is 28.1 Å². The summed E-state index contributed by atoms with van der Waals surface area (Å²) in [6.45, 7) is 9.53. The minimum atomic E-state index is -0.596. The van der Waals surface area contributed by atoms with E-state index in [0.29, 0.717) is 26.2 Å². The molecule has 294 valence electrons.